The van der Waals surface area contributed by atoms with Gasteiger partial charge in [-0.3, -0.25) is 4.99 Å². The van der Waals surface area contributed by atoms with Crippen LogP contribution in [-0.2, 0) is 6.54 Å². The van der Waals surface area contributed by atoms with Crippen LogP contribution < -0.4 is 10.2 Å². The van der Waals surface area contributed by atoms with Gasteiger partial charge in [-0.05, 0) is 51.7 Å². The Morgan fingerprint density at radius 3 is 2.69 bits per heavy atom. The van der Waals surface area contributed by atoms with Gasteiger partial charge in [-0.1, -0.05) is 28.6 Å². The maximum atomic E-state index is 11.3. The number of aromatic nitrogens is 3. The minimum Gasteiger partial charge on any atom is -0.497 e. The number of nitro groups is 1. The van der Waals surface area contributed by atoms with Gasteiger partial charge in [-0.15, -0.1) is 0 Å². The Hall–Kier alpha value is -3.33. The molecule has 0 saturated carbocycles. The lowest BCUT2D eigenvalue weighted by atomic mass is 10.2. The van der Waals surface area contributed by atoms with Crippen LogP contribution in [0.1, 0.15) is 5.56 Å². The zero-order valence-corrected chi connectivity index (χ0v) is 14.4. The molecule has 0 amide bonds. The predicted octanol–water partition coefficient (Wildman–Crippen LogP) is 2.58. The maximum Gasteiger partial charge on any atom is 0.438 e. The molecule has 0 atom stereocenters. The highest BCUT2D eigenvalue weighted by Gasteiger charge is 2.23. The van der Waals surface area contributed by atoms with Crippen LogP contribution in [0.15, 0.2) is 53.5 Å². The van der Waals surface area contributed by atoms with E-state index in [1.165, 1.54) is 0 Å². The van der Waals surface area contributed by atoms with Gasteiger partial charge >= 0.3 is 5.82 Å². The third kappa shape index (κ3) is 3.52. The van der Waals surface area contributed by atoms with Crippen LogP contribution in [0, 0.1) is 10.1 Å². The van der Waals surface area contributed by atoms with Crippen molar-refractivity contribution in [2.45, 2.75) is 6.54 Å². The van der Waals surface area contributed by atoms with E-state index in [4.69, 9.17) is 16.3 Å². The van der Waals surface area contributed by atoms with Gasteiger partial charge in [-0.25, -0.2) is 0 Å². The largest absolute Gasteiger partial charge is 0.497 e. The number of benzene rings is 2. The van der Waals surface area contributed by atoms with Crippen LogP contribution in [0.4, 0.5) is 5.82 Å². The Morgan fingerprint density at radius 2 is 2.04 bits per heavy atom. The number of hydrogen-bond donors (Lipinski definition) is 1. The monoisotopic (exact) mass is 375 g/mol. The molecule has 3 aromatic rings. The van der Waals surface area contributed by atoms with Crippen molar-refractivity contribution in [1.29, 1.82) is 0 Å². The number of hydrogen-bond acceptors (Lipinski definition) is 6. The van der Waals surface area contributed by atoms with Gasteiger partial charge in [-0.2, -0.15) is 0 Å². The molecular formula is C16H14ClN5O4. The molecule has 1 heterocycles. The third-order valence-electron chi connectivity index (χ3n) is 3.53. The molecule has 0 radical (unpaired) electrons. The van der Waals surface area contributed by atoms with Crippen molar-refractivity contribution >= 4 is 17.4 Å². The molecule has 3 rings (SSSR count). The SMILES string of the molecule is COc1cccc(CN=c2c([N+](=O)[O-])nn(-c3ccc(Cl)cc3)n2O)c1. The molecule has 2 aromatic carbocycles. The van der Waals surface area contributed by atoms with Crippen LogP contribution in [0.5, 0.6) is 5.75 Å². The smallest absolute Gasteiger partial charge is 0.438 e. The second kappa shape index (κ2) is 7.28. The third-order valence-corrected chi connectivity index (χ3v) is 3.79. The first kappa shape index (κ1) is 17.5. The molecule has 0 aliphatic heterocycles. The average molecular weight is 376 g/mol. The zero-order valence-electron chi connectivity index (χ0n) is 13.6. The quantitative estimate of drug-likeness (QED) is 0.419. The highest BCUT2D eigenvalue weighted by Crippen LogP contribution is 2.15. The molecule has 0 fully saturated rings. The van der Waals surface area contributed by atoms with Gasteiger partial charge in [0.15, 0.2) is 0 Å². The summed E-state index contributed by atoms with van der Waals surface area (Å²) >= 11 is 5.83. The van der Waals surface area contributed by atoms with Crippen molar-refractivity contribution in [3.63, 3.8) is 0 Å². The molecule has 0 spiro atoms. The highest BCUT2D eigenvalue weighted by molar-refractivity contribution is 6.30. The number of ether oxygens (including phenoxy) is 1. The van der Waals surface area contributed by atoms with E-state index >= 15 is 0 Å². The predicted molar refractivity (Wildman–Crippen MR) is 92.7 cm³/mol. The fourth-order valence-corrected chi connectivity index (χ4v) is 2.41. The van der Waals surface area contributed by atoms with Crippen LogP contribution >= 0.6 is 11.6 Å². The molecular weight excluding hydrogens is 362 g/mol. The van der Waals surface area contributed by atoms with Crippen molar-refractivity contribution in [2.24, 2.45) is 4.99 Å². The molecule has 10 heteroatoms. The second-order valence-corrected chi connectivity index (χ2v) is 5.66. The van der Waals surface area contributed by atoms with E-state index in [2.05, 4.69) is 10.1 Å². The maximum absolute atomic E-state index is 11.3. The minimum absolute atomic E-state index is 0.102. The summed E-state index contributed by atoms with van der Waals surface area (Å²) in [6.45, 7) is 0.102. The van der Waals surface area contributed by atoms with Crippen molar-refractivity contribution < 1.29 is 14.9 Å². The van der Waals surface area contributed by atoms with E-state index in [9.17, 15) is 15.3 Å². The molecule has 1 N–H and O–H groups in total. The fraction of sp³-hybridized carbons (Fsp3) is 0.125. The molecule has 0 bridgehead atoms. The van der Waals surface area contributed by atoms with Gasteiger partial charge in [0.05, 0.1) is 18.8 Å². The van der Waals surface area contributed by atoms with Gasteiger partial charge in [0.25, 0.3) is 5.49 Å². The van der Waals surface area contributed by atoms with E-state index < -0.39 is 10.7 Å². The van der Waals surface area contributed by atoms with E-state index in [1.54, 1.807) is 55.6 Å². The lowest BCUT2D eigenvalue weighted by Gasteiger charge is -2.01. The van der Waals surface area contributed by atoms with Crippen molar-refractivity contribution in [1.82, 2.24) is 14.7 Å². The Bertz CT molecular complexity index is 1010. The van der Waals surface area contributed by atoms with Crippen LogP contribution in [-0.4, -0.2) is 32.0 Å². The van der Waals surface area contributed by atoms with Gasteiger partial charge in [0, 0.05) is 5.02 Å². The van der Waals surface area contributed by atoms with Crippen LogP contribution in [0.3, 0.4) is 0 Å². The summed E-state index contributed by atoms with van der Waals surface area (Å²) in [6, 6.07) is 13.4. The molecule has 1 aromatic heterocycles. The first-order valence-corrected chi connectivity index (χ1v) is 7.83. The van der Waals surface area contributed by atoms with Crippen molar-refractivity contribution in [3.8, 4) is 11.4 Å². The van der Waals surface area contributed by atoms with E-state index in [-0.39, 0.29) is 12.0 Å². The minimum atomic E-state index is -0.705. The standard InChI is InChI=1S/C16H14ClN5O4/c1-26-14-4-2-3-11(9-14)10-18-15-16(22(24)25)19-20(21(15)23)13-7-5-12(17)6-8-13/h2-9,23H,10H2,1H3. The zero-order chi connectivity index (χ0) is 18.7. The van der Waals surface area contributed by atoms with Gasteiger partial charge in [0.2, 0.25) is 0 Å². The summed E-state index contributed by atoms with van der Waals surface area (Å²) in [4.78, 5) is 16.2. The van der Waals surface area contributed by atoms with Crippen LogP contribution in [0.25, 0.3) is 5.69 Å². The fourth-order valence-electron chi connectivity index (χ4n) is 2.29. The Labute approximate surface area is 152 Å². The molecule has 0 saturated heterocycles. The summed E-state index contributed by atoms with van der Waals surface area (Å²) < 4.78 is 5.13. The summed E-state index contributed by atoms with van der Waals surface area (Å²) in [7, 11) is 1.54. The number of nitrogens with zero attached hydrogens (tertiary/aromatic N) is 5. The number of rotatable bonds is 5. The second-order valence-electron chi connectivity index (χ2n) is 5.23. The molecule has 26 heavy (non-hydrogen) atoms. The van der Waals surface area contributed by atoms with Gasteiger partial charge < -0.3 is 20.1 Å². The Kier molecular flexibility index (Phi) is 4.90. The lowest BCUT2D eigenvalue weighted by molar-refractivity contribution is -0.391. The molecule has 0 aliphatic rings. The summed E-state index contributed by atoms with van der Waals surface area (Å²) in [5.41, 5.74) is 0.883. The molecule has 134 valence electrons. The lowest BCUT2D eigenvalue weighted by Crippen LogP contribution is -2.22. The molecule has 9 nitrogen and oxygen atoms in total. The molecule has 0 unspecified atom stereocenters. The highest BCUT2D eigenvalue weighted by atomic mass is 35.5. The van der Waals surface area contributed by atoms with E-state index in [1.807, 2.05) is 0 Å². The topological polar surface area (TPSA) is 108 Å². The first-order valence-electron chi connectivity index (χ1n) is 7.45. The van der Waals surface area contributed by atoms with Crippen molar-refractivity contribution in [3.05, 3.63) is 74.7 Å². The summed E-state index contributed by atoms with van der Waals surface area (Å²) in [6.07, 6.45) is 0. The summed E-state index contributed by atoms with van der Waals surface area (Å²) in [5.74, 6) is 0.0753. The molecule has 0 aliphatic carbocycles. The average Bonchev–Trinajstić information content (AvgIpc) is 2.97. The van der Waals surface area contributed by atoms with Gasteiger partial charge in [0.1, 0.15) is 11.4 Å². The van der Waals surface area contributed by atoms with E-state index in [0.29, 0.717) is 21.3 Å². The summed E-state index contributed by atoms with van der Waals surface area (Å²) in [5, 5.41) is 25.9. The Morgan fingerprint density at radius 1 is 1.31 bits per heavy atom. The first-order chi connectivity index (χ1) is 12.5. The van der Waals surface area contributed by atoms with Crippen molar-refractivity contribution in [2.75, 3.05) is 7.11 Å². The normalized spacial score (nSPS) is 11.5. The van der Waals surface area contributed by atoms with E-state index in [0.717, 1.165) is 10.4 Å². The van der Waals surface area contributed by atoms with Crippen LogP contribution in [0.2, 0.25) is 5.02 Å². The Balaban J connectivity index is 2.05. The number of halogens is 1. The number of methoxy groups -OCH3 is 1.